The van der Waals surface area contributed by atoms with Crippen LogP contribution < -0.4 is 10.2 Å². The number of rotatable bonds is 2. The largest absolute Gasteiger partial charge is 0.371 e. The summed E-state index contributed by atoms with van der Waals surface area (Å²) in [5.74, 6) is -0.994. The molecule has 1 aromatic carbocycles. The molecule has 0 spiro atoms. The molecule has 0 bridgehead atoms. The molecule has 0 aromatic heterocycles. The maximum atomic E-state index is 11.5. The van der Waals surface area contributed by atoms with Crippen LogP contribution in [-0.2, 0) is 4.79 Å². The first-order chi connectivity index (χ1) is 8.71. The Morgan fingerprint density at radius 1 is 1.21 bits per heavy atom. The van der Waals surface area contributed by atoms with Crippen molar-refractivity contribution in [2.24, 2.45) is 5.41 Å². The highest BCUT2D eigenvalue weighted by molar-refractivity contribution is 6.51. The molecule has 4 heteroatoms. The third-order valence-corrected chi connectivity index (χ3v) is 3.94. The Labute approximate surface area is 113 Å². The lowest BCUT2D eigenvalue weighted by Gasteiger charge is -2.37. The van der Waals surface area contributed by atoms with Crippen LogP contribution in [0, 0.1) is 5.41 Å². The Hall–Kier alpha value is -1.84. The van der Waals surface area contributed by atoms with Crippen molar-refractivity contribution in [1.82, 2.24) is 0 Å². The first-order valence-electron chi connectivity index (χ1n) is 6.44. The SMILES string of the molecule is CC(N(C)c1ccc2c(c1)NC(=O)C2=O)C(C)(C)C. The first-order valence-corrected chi connectivity index (χ1v) is 6.44. The van der Waals surface area contributed by atoms with E-state index in [9.17, 15) is 9.59 Å². The molecule has 1 atom stereocenters. The molecule has 2 rings (SSSR count). The zero-order chi connectivity index (χ0) is 14.4. The number of anilines is 2. The van der Waals surface area contributed by atoms with E-state index in [-0.39, 0.29) is 5.41 Å². The van der Waals surface area contributed by atoms with Gasteiger partial charge in [0.15, 0.2) is 0 Å². The molecule has 19 heavy (non-hydrogen) atoms. The highest BCUT2D eigenvalue weighted by atomic mass is 16.2. The highest BCUT2D eigenvalue weighted by Crippen LogP contribution is 2.32. The molecular formula is C15H20N2O2. The Kier molecular flexibility index (Phi) is 3.12. The third-order valence-electron chi connectivity index (χ3n) is 3.94. The molecule has 102 valence electrons. The molecule has 0 fully saturated rings. The van der Waals surface area contributed by atoms with Gasteiger partial charge in [0, 0.05) is 18.8 Å². The molecule has 4 nitrogen and oxygen atoms in total. The van der Waals surface area contributed by atoms with E-state index >= 15 is 0 Å². The van der Waals surface area contributed by atoms with Crippen molar-refractivity contribution in [2.75, 3.05) is 17.3 Å². The van der Waals surface area contributed by atoms with Gasteiger partial charge in [0.1, 0.15) is 0 Å². The summed E-state index contributed by atoms with van der Waals surface area (Å²) >= 11 is 0. The lowest BCUT2D eigenvalue weighted by Crippen LogP contribution is -2.39. The van der Waals surface area contributed by atoms with Gasteiger partial charge in [-0.2, -0.15) is 0 Å². The van der Waals surface area contributed by atoms with E-state index in [1.54, 1.807) is 6.07 Å². The Bertz CT molecular complexity index is 544. The second kappa shape index (κ2) is 4.37. The van der Waals surface area contributed by atoms with Crippen LogP contribution in [0.4, 0.5) is 11.4 Å². The number of hydrogen-bond donors (Lipinski definition) is 1. The fourth-order valence-corrected chi connectivity index (χ4v) is 2.16. The van der Waals surface area contributed by atoms with E-state index in [4.69, 9.17) is 0 Å². The van der Waals surface area contributed by atoms with Gasteiger partial charge in [0.05, 0.1) is 11.3 Å². The molecule has 0 radical (unpaired) electrons. The number of ketones is 1. The molecule has 1 aromatic rings. The lowest BCUT2D eigenvalue weighted by molar-refractivity contribution is -0.112. The van der Waals surface area contributed by atoms with Crippen molar-refractivity contribution in [1.29, 1.82) is 0 Å². The average Bonchev–Trinajstić information content (AvgIpc) is 2.61. The van der Waals surface area contributed by atoms with Gasteiger partial charge in [-0.3, -0.25) is 9.59 Å². The van der Waals surface area contributed by atoms with Crippen LogP contribution in [0.15, 0.2) is 18.2 Å². The summed E-state index contributed by atoms with van der Waals surface area (Å²) in [7, 11) is 2.02. The quantitative estimate of drug-likeness (QED) is 0.832. The van der Waals surface area contributed by atoms with E-state index in [0.717, 1.165) is 5.69 Å². The van der Waals surface area contributed by atoms with Crippen LogP contribution in [0.1, 0.15) is 38.1 Å². The number of nitrogens with zero attached hydrogens (tertiary/aromatic N) is 1. The van der Waals surface area contributed by atoms with E-state index < -0.39 is 11.7 Å². The van der Waals surface area contributed by atoms with Crippen LogP contribution in [0.5, 0.6) is 0 Å². The minimum atomic E-state index is -0.543. The Morgan fingerprint density at radius 2 is 1.84 bits per heavy atom. The number of Topliss-reactive ketones (excluding diaryl/α,β-unsaturated/α-hetero) is 1. The molecule has 0 saturated heterocycles. The fraction of sp³-hybridized carbons (Fsp3) is 0.467. The van der Waals surface area contributed by atoms with Crippen molar-refractivity contribution in [2.45, 2.75) is 33.7 Å². The summed E-state index contributed by atoms with van der Waals surface area (Å²) in [5.41, 5.74) is 2.22. The van der Waals surface area contributed by atoms with Crippen molar-refractivity contribution in [3.63, 3.8) is 0 Å². The fourth-order valence-electron chi connectivity index (χ4n) is 2.16. The summed E-state index contributed by atoms with van der Waals surface area (Å²) in [5, 5.41) is 2.60. The number of hydrogen-bond acceptors (Lipinski definition) is 3. The summed E-state index contributed by atoms with van der Waals surface area (Å²) in [6.45, 7) is 8.73. The molecule has 1 amide bonds. The van der Waals surface area contributed by atoms with Gasteiger partial charge in [-0.1, -0.05) is 20.8 Å². The normalized spacial score (nSPS) is 16.1. The standard InChI is InChI=1S/C15H20N2O2/c1-9(15(2,3)4)17(5)10-6-7-11-12(8-10)16-14(19)13(11)18/h6-9H,1-5H3,(H,16,18,19). The Balaban J connectivity index is 2.32. The molecular weight excluding hydrogens is 240 g/mol. The van der Waals surface area contributed by atoms with E-state index in [1.807, 2.05) is 19.2 Å². The molecule has 1 heterocycles. The lowest BCUT2D eigenvalue weighted by atomic mass is 9.87. The maximum Gasteiger partial charge on any atom is 0.296 e. The van der Waals surface area contributed by atoms with Gasteiger partial charge in [-0.25, -0.2) is 0 Å². The van der Waals surface area contributed by atoms with E-state index in [1.165, 1.54) is 0 Å². The maximum absolute atomic E-state index is 11.5. The molecule has 1 aliphatic rings. The number of nitrogens with one attached hydrogen (secondary N) is 1. The van der Waals surface area contributed by atoms with E-state index in [0.29, 0.717) is 17.3 Å². The average molecular weight is 260 g/mol. The predicted octanol–water partition coefficient (Wildman–Crippen LogP) is 2.69. The number of amides is 1. The van der Waals surface area contributed by atoms with Crippen LogP contribution in [0.25, 0.3) is 0 Å². The molecule has 0 saturated carbocycles. The summed E-state index contributed by atoms with van der Waals surface area (Å²) in [6.07, 6.45) is 0. The Morgan fingerprint density at radius 3 is 2.42 bits per heavy atom. The molecule has 1 aliphatic heterocycles. The van der Waals surface area contributed by atoms with Crippen LogP contribution in [-0.4, -0.2) is 24.8 Å². The molecule has 1 unspecified atom stereocenters. The first kappa shape index (κ1) is 13.6. The second-order valence-corrected chi connectivity index (χ2v) is 6.17. The van der Waals surface area contributed by atoms with Crippen molar-refractivity contribution in [3.8, 4) is 0 Å². The second-order valence-electron chi connectivity index (χ2n) is 6.17. The molecule has 0 aliphatic carbocycles. The van der Waals surface area contributed by atoms with Crippen molar-refractivity contribution >= 4 is 23.1 Å². The van der Waals surface area contributed by atoms with E-state index in [2.05, 4.69) is 37.9 Å². The summed E-state index contributed by atoms with van der Waals surface area (Å²) < 4.78 is 0. The number of carbonyl (C=O) groups is 2. The smallest absolute Gasteiger partial charge is 0.296 e. The van der Waals surface area contributed by atoms with Crippen LogP contribution >= 0.6 is 0 Å². The van der Waals surface area contributed by atoms with Gasteiger partial charge >= 0.3 is 0 Å². The minimum absolute atomic E-state index is 0.146. The number of fused-ring (bicyclic) bond motifs is 1. The summed E-state index contributed by atoms with van der Waals surface area (Å²) in [4.78, 5) is 25.0. The minimum Gasteiger partial charge on any atom is -0.371 e. The van der Waals surface area contributed by atoms with Gasteiger partial charge in [0.2, 0.25) is 0 Å². The third kappa shape index (κ3) is 2.35. The van der Waals surface area contributed by atoms with Crippen molar-refractivity contribution in [3.05, 3.63) is 23.8 Å². The number of carbonyl (C=O) groups excluding carboxylic acids is 2. The van der Waals surface area contributed by atoms with Crippen LogP contribution in [0.3, 0.4) is 0 Å². The highest BCUT2D eigenvalue weighted by Gasteiger charge is 2.29. The van der Waals surface area contributed by atoms with Gasteiger partial charge in [0.25, 0.3) is 11.7 Å². The molecule has 1 N–H and O–H groups in total. The van der Waals surface area contributed by atoms with Crippen molar-refractivity contribution < 1.29 is 9.59 Å². The zero-order valence-corrected chi connectivity index (χ0v) is 12.1. The zero-order valence-electron chi connectivity index (χ0n) is 12.1. The number of benzene rings is 1. The summed E-state index contributed by atoms with van der Waals surface area (Å²) in [6, 6.07) is 5.80. The van der Waals surface area contributed by atoms with Gasteiger partial charge < -0.3 is 10.2 Å². The van der Waals surface area contributed by atoms with Crippen LogP contribution in [0.2, 0.25) is 0 Å². The monoisotopic (exact) mass is 260 g/mol. The predicted molar refractivity (Wildman–Crippen MR) is 76.7 cm³/mol. The topological polar surface area (TPSA) is 49.4 Å². The van der Waals surface area contributed by atoms with Gasteiger partial charge in [-0.15, -0.1) is 0 Å². The van der Waals surface area contributed by atoms with Gasteiger partial charge in [-0.05, 0) is 30.5 Å².